The van der Waals surface area contributed by atoms with E-state index in [2.05, 4.69) is 28.0 Å². The zero-order valence-corrected chi connectivity index (χ0v) is 10.8. The predicted octanol–water partition coefficient (Wildman–Crippen LogP) is 3.43. The highest BCUT2D eigenvalue weighted by molar-refractivity contribution is 7.15. The van der Waals surface area contributed by atoms with Crippen molar-refractivity contribution >= 4 is 22.7 Å². The molecule has 3 rings (SSSR count). The normalized spacial score (nSPS) is 15.6. The van der Waals surface area contributed by atoms with Crippen molar-refractivity contribution in [1.29, 1.82) is 0 Å². The minimum atomic E-state index is 0.772. The number of thiophene rings is 1. The Morgan fingerprint density at radius 1 is 1.44 bits per heavy atom. The van der Waals surface area contributed by atoms with Crippen LogP contribution in [0.15, 0.2) is 17.0 Å². The third kappa shape index (κ3) is 2.19. The van der Waals surface area contributed by atoms with E-state index >= 15 is 0 Å². The summed E-state index contributed by atoms with van der Waals surface area (Å²) < 4.78 is 0. The van der Waals surface area contributed by atoms with Crippen molar-refractivity contribution in [2.24, 2.45) is 0 Å². The molecule has 0 bridgehead atoms. The molecule has 1 saturated carbocycles. The Labute approximate surface area is 103 Å². The Kier molecular flexibility index (Phi) is 2.79. The van der Waals surface area contributed by atoms with Crippen LogP contribution in [-0.2, 0) is 6.54 Å². The number of nitrogens with one attached hydrogen (secondary N) is 1. The summed E-state index contributed by atoms with van der Waals surface area (Å²) in [6.07, 6.45) is 4.69. The van der Waals surface area contributed by atoms with Gasteiger partial charge < -0.3 is 5.32 Å². The standard InChI is InChI=1S/C12H14N2S2/c1-8-6-15-7-11(8)12-14-5-10(16-12)4-13-9-2-3-9/h5-7,9,13H,2-4H2,1H3. The van der Waals surface area contributed by atoms with Crippen LogP contribution in [0.2, 0.25) is 0 Å². The molecule has 2 nitrogen and oxygen atoms in total. The molecule has 0 atom stereocenters. The van der Waals surface area contributed by atoms with Gasteiger partial charge in [-0.25, -0.2) is 4.98 Å². The molecular weight excluding hydrogens is 236 g/mol. The average Bonchev–Trinajstić information content (AvgIpc) is 2.82. The molecule has 2 aromatic rings. The van der Waals surface area contributed by atoms with Crippen molar-refractivity contribution in [3.8, 4) is 10.6 Å². The van der Waals surface area contributed by atoms with E-state index in [1.54, 1.807) is 11.3 Å². The first kappa shape index (κ1) is 10.4. The number of aryl methyl sites for hydroxylation is 1. The number of nitrogens with zero attached hydrogens (tertiary/aromatic N) is 1. The molecule has 1 aliphatic rings. The summed E-state index contributed by atoms with van der Waals surface area (Å²) in [6, 6.07) is 0.772. The zero-order valence-electron chi connectivity index (χ0n) is 9.19. The molecule has 16 heavy (non-hydrogen) atoms. The second kappa shape index (κ2) is 4.28. The topological polar surface area (TPSA) is 24.9 Å². The smallest absolute Gasteiger partial charge is 0.124 e. The second-order valence-electron chi connectivity index (χ2n) is 4.26. The highest BCUT2D eigenvalue weighted by Gasteiger charge is 2.20. The highest BCUT2D eigenvalue weighted by atomic mass is 32.1. The lowest BCUT2D eigenvalue weighted by molar-refractivity contribution is 0.694. The van der Waals surface area contributed by atoms with Gasteiger partial charge in [0.2, 0.25) is 0 Å². The lowest BCUT2D eigenvalue weighted by Crippen LogP contribution is -2.14. The lowest BCUT2D eigenvalue weighted by atomic mass is 10.2. The van der Waals surface area contributed by atoms with Gasteiger partial charge in [0.05, 0.1) is 0 Å². The number of rotatable bonds is 4. The van der Waals surface area contributed by atoms with Gasteiger partial charge in [0.1, 0.15) is 5.01 Å². The Hall–Kier alpha value is -0.710. The van der Waals surface area contributed by atoms with Crippen LogP contribution >= 0.6 is 22.7 Å². The molecule has 0 saturated heterocycles. The van der Waals surface area contributed by atoms with Crippen LogP contribution in [0, 0.1) is 6.92 Å². The van der Waals surface area contributed by atoms with Gasteiger partial charge in [0.25, 0.3) is 0 Å². The van der Waals surface area contributed by atoms with Crippen LogP contribution < -0.4 is 5.32 Å². The van der Waals surface area contributed by atoms with Crippen molar-refractivity contribution in [1.82, 2.24) is 10.3 Å². The Balaban J connectivity index is 1.74. The second-order valence-corrected chi connectivity index (χ2v) is 6.11. The van der Waals surface area contributed by atoms with Crippen LogP contribution in [0.3, 0.4) is 0 Å². The molecule has 0 aliphatic heterocycles. The molecule has 0 amide bonds. The van der Waals surface area contributed by atoms with E-state index in [1.807, 2.05) is 17.5 Å². The van der Waals surface area contributed by atoms with Crippen molar-refractivity contribution in [3.63, 3.8) is 0 Å². The summed E-state index contributed by atoms with van der Waals surface area (Å²) in [5.74, 6) is 0. The fourth-order valence-corrected chi connectivity index (χ4v) is 3.48. The van der Waals surface area contributed by atoms with Crippen LogP contribution in [0.5, 0.6) is 0 Å². The zero-order chi connectivity index (χ0) is 11.0. The number of aromatic nitrogens is 1. The monoisotopic (exact) mass is 250 g/mol. The third-order valence-electron chi connectivity index (χ3n) is 2.78. The molecule has 2 heterocycles. The number of thiazole rings is 1. The molecule has 2 aromatic heterocycles. The van der Waals surface area contributed by atoms with Crippen LogP contribution in [0.25, 0.3) is 10.6 Å². The average molecular weight is 250 g/mol. The van der Waals surface area contributed by atoms with Crippen molar-refractivity contribution in [3.05, 3.63) is 27.4 Å². The van der Waals surface area contributed by atoms with Gasteiger partial charge in [-0.05, 0) is 30.7 Å². The van der Waals surface area contributed by atoms with Crippen LogP contribution in [-0.4, -0.2) is 11.0 Å². The lowest BCUT2D eigenvalue weighted by Gasteiger charge is -1.97. The van der Waals surface area contributed by atoms with Crippen molar-refractivity contribution in [2.45, 2.75) is 32.4 Å². The SMILES string of the molecule is Cc1cscc1-c1ncc(CNC2CC2)s1. The van der Waals surface area contributed by atoms with E-state index < -0.39 is 0 Å². The van der Waals surface area contributed by atoms with E-state index in [1.165, 1.54) is 28.8 Å². The summed E-state index contributed by atoms with van der Waals surface area (Å²) >= 11 is 3.56. The van der Waals surface area contributed by atoms with E-state index in [0.29, 0.717) is 0 Å². The summed E-state index contributed by atoms with van der Waals surface area (Å²) in [7, 11) is 0. The molecule has 0 unspecified atom stereocenters. The first-order chi connectivity index (χ1) is 7.83. The van der Waals surface area contributed by atoms with E-state index in [9.17, 15) is 0 Å². The summed E-state index contributed by atoms with van der Waals surface area (Å²) in [4.78, 5) is 5.84. The van der Waals surface area contributed by atoms with E-state index in [0.717, 1.165) is 17.6 Å². The summed E-state index contributed by atoms with van der Waals surface area (Å²) in [5, 5.41) is 9.04. The largest absolute Gasteiger partial charge is 0.309 e. The van der Waals surface area contributed by atoms with Crippen LogP contribution in [0.4, 0.5) is 0 Å². The quantitative estimate of drug-likeness (QED) is 0.899. The first-order valence-corrected chi connectivity index (χ1v) is 7.30. The summed E-state index contributed by atoms with van der Waals surface area (Å²) in [5.41, 5.74) is 2.63. The Bertz CT molecular complexity index is 483. The molecule has 4 heteroatoms. The maximum Gasteiger partial charge on any atom is 0.124 e. The van der Waals surface area contributed by atoms with Gasteiger partial charge in [-0.15, -0.1) is 11.3 Å². The molecular formula is C12H14N2S2. The van der Waals surface area contributed by atoms with Crippen molar-refractivity contribution in [2.75, 3.05) is 0 Å². The maximum atomic E-state index is 4.50. The van der Waals surface area contributed by atoms with Gasteiger partial charge in [-0.2, -0.15) is 11.3 Å². The Morgan fingerprint density at radius 2 is 2.31 bits per heavy atom. The third-order valence-corrected chi connectivity index (χ3v) is 4.67. The van der Waals surface area contributed by atoms with E-state index in [4.69, 9.17) is 0 Å². The van der Waals surface area contributed by atoms with Crippen molar-refractivity contribution < 1.29 is 0 Å². The van der Waals surface area contributed by atoms with Gasteiger partial charge in [0, 0.05) is 34.6 Å². The minimum Gasteiger partial charge on any atom is -0.309 e. The molecule has 1 aliphatic carbocycles. The first-order valence-electron chi connectivity index (χ1n) is 5.54. The minimum absolute atomic E-state index is 0.772. The molecule has 0 radical (unpaired) electrons. The fraction of sp³-hybridized carbons (Fsp3) is 0.417. The maximum absolute atomic E-state index is 4.50. The molecule has 1 N–H and O–H groups in total. The van der Waals surface area contributed by atoms with Crippen LogP contribution in [0.1, 0.15) is 23.3 Å². The molecule has 0 spiro atoms. The highest BCUT2D eigenvalue weighted by Crippen LogP contribution is 2.30. The van der Waals surface area contributed by atoms with Gasteiger partial charge in [0.15, 0.2) is 0 Å². The van der Waals surface area contributed by atoms with Gasteiger partial charge in [-0.1, -0.05) is 0 Å². The molecule has 84 valence electrons. The van der Waals surface area contributed by atoms with Gasteiger partial charge >= 0.3 is 0 Å². The number of hydrogen-bond acceptors (Lipinski definition) is 4. The summed E-state index contributed by atoms with van der Waals surface area (Å²) in [6.45, 7) is 3.13. The molecule has 1 fully saturated rings. The van der Waals surface area contributed by atoms with Gasteiger partial charge in [-0.3, -0.25) is 0 Å². The Morgan fingerprint density at radius 3 is 3.00 bits per heavy atom. The van der Waals surface area contributed by atoms with E-state index in [-0.39, 0.29) is 0 Å². The molecule has 0 aromatic carbocycles. The predicted molar refractivity (Wildman–Crippen MR) is 70.0 cm³/mol. The fourth-order valence-electron chi connectivity index (χ4n) is 1.63. The number of hydrogen-bond donors (Lipinski definition) is 1.